The number of nitrogens with one attached hydrogen (secondary N) is 1. The average Bonchev–Trinajstić information content (AvgIpc) is 2.37. The molecular weight excluding hydrogens is 236 g/mol. The van der Waals surface area contributed by atoms with Crippen LogP contribution in [0.1, 0.15) is 56.6 Å². The number of amidine groups is 1. The van der Waals surface area contributed by atoms with Crippen LogP contribution in [-0.4, -0.2) is 12.4 Å². The van der Waals surface area contributed by atoms with E-state index in [0.29, 0.717) is 12.2 Å². The summed E-state index contributed by atoms with van der Waals surface area (Å²) < 4.78 is 5.76. The van der Waals surface area contributed by atoms with E-state index >= 15 is 0 Å². The number of unbranched alkanes of at least 4 members (excludes halogenated alkanes) is 5. The van der Waals surface area contributed by atoms with E-state index in [0.717, 1.165) is 17.7 Å². The van der Waals surface area contributed by atoms with Gasteiger partial charge in [0.15, 0.2) is 0 Å². The summed E-state index contributed by atoms with van der Waals surface area (Å²) in [6.45, 7) is 4.95. The van der Waals surface area contributed by atoms with Gasteiger partial charge in [-0.05, 0) is 31.0 Å². The molecule has 3 heteroatoms. The van der Waals surface area contributed by atoms with Crippen molar-refractivity contribution in [2.45, 2.75) is 52.4 Å². The Morgan fingerprint density at radius 2 is 1.84 bits per heavy atom. The van der Waals surface area contributed by atoms with Crippen LogP contribution in [0.2, 0.25) is 0 Å². The molecule has 106 valence electrons. The second kappa shape index (κ2) is 8.57. The highest BCUT2D eigenvalue weighted by atomic mass is 16.5. The summed E-state index contributed by atoms with van der Waals surface area (Å²) in [5, 5.41) is 7.54. The van der Waals surface area contributed by atoms with Crippen molar-refractivity contribution in [3.8, 4) is 5.75 Å². The quantitative estimate of drug-likeness (QED) is 0.401. The molecule has 0 aliphatic carbocycles. The van der Waals surface area contributed by atoms with Gasteiger partial charge < -0.3 is 10.5 Å². The van der Waals surface area contributed by atoms with Gasteiger partial charge in [-0.25, -0.2) is 0 Å². The van der Waals surface area contributed by atoms with Gasteiger partial charge in [0.2, 0.25) is 0 Å². The lowest BCUT2D eigenvalue weighted by Gasteiger charge is -2.11. The molecule has 3 N–H and O–H groups in total. The van der Waals surface area contributed by atoms with Crippen LogP contribution in [0.25, 0.3) is 0 Å². The van der Waals surface area contributed by atoms with E-state index < -0.39 is 0 Å². The minimum Gasteiger partial charge on any atom is -0.493 e. The smallest absolute Gasteiger partial charge is 0.130 e. The second-order valence-corrected chi connectivity index (χ2v) is 5.03. The second-order valence-electron chi connectivity index (χ2n) is 5.03. The molecule has 19 heavy (non-hydrogen) atoms. The first-order chi connectivity index (χ1) is 9.15. The normalized spacial score (nSPS) is 10.4. The fourth-order valence-electron chi connectivity index (χ4n) is 2.04. The van der Waals surface area contributed by atoms with Crippen molar-refractivity contribution in [2.24, 2.45) is 5.73 Å². The molecule has 0 atom stereocenters. The molecule has 3 nitrogen and oxygen atoms in total. The Morgan fingerprint density at radius 3 is 2.53 bits per heavy atom. The average molecular weight is 262 g/mol. The number of nitrogens with two attached hydrogens (primary N) is 1. The van der Waals surface area contributed by atoms with Crippen molar-refractivity contribution in [3.05, 3.63) is 29.3 Å². The Hall–Kier alpha value is -1.51. The molecule has 0 amide bonds. The number of benzene rings is 1. The third-order valence-corrected chi connectivity index (χ3v) is 3.18. The highest BCUT2D eigenvalue weighted by Crippen LogP contribution is 2.20. The van der Waals surface area contributed by atoms with E-state index in [2.05, 4.69) is 6.92 Å². The number of aryl methyl sites for hydroxylation is 1. The molecule has 0 radical (unpaired) electrons. The molecule has 0 aliphatic heterocycles. The topological polar surface area (TPSA) is 59.1 Å². The van der Waals surface area contributed by atoms with Crippen LogP contribution in [0.15, 0.2) is 18.2 Å². The molecule has 0 aliphatic rings. The van der Waals surface area contributed by atoms with Crippen LogP contribution < -0.4 is 10.5 Å². The Labute approximate surface area is 116 Å². The van der Waals surface area contributed by atoms with Crippen molar-refractivity contribution in [1.29, 1.82) is 5.41 Å². The summed E-state index contributed by atoms with van der Waals surface area (Å²) in [6, 6.07) is 5.76. The lowest BCUT2D eigenvalue weighted by Crippen LogP contribution is -2.13. The van der Waals surface area contributed by atoms with Crippen LogP contribution in [-0.2, 0) is 0 Å². The molecule has 0 heterocycles. The maximum Gasteiger partial charge on any atom is 0.130 e. The van der Waals surface area contributed by atoms with E-state index in [4.69, 9.17) is 15.9 Å². The van der Waals surface area contributed by atoms with Gasteiger partial charge in [-0.1, -0.05) is 45.1 Å². The number of hydrogen-bond donors (Lipinski definition) is 2. The molecule has 0 bridgehead atoms. The van der Waals surface area contributed by atoms with Gasteiger partial charge in [-0.3, -0.25) is 5.41 Å². The maximum atomic E-state index is 7.54. The van der Waals surface area contributed by atoms with Crippen molar-refractivity contribution < 1.29 is 4.74 Å². The Morgan fingerprint density at radius 1 is 1.16 bits per heavy atom. The van der Waals surface area contributed by atoms with Crippen LogP contribution in [0.3, 0.4) is 0 Å². The van der Waals surface area contributed by atoms with Gasteiger partial charge in [0.1, 0.15) is 11.6 Å². The minimum atomic E-state index is 0.0675. The lowest BCUT2D eigenvalue weighted by molar-refractivity contribution is 0.303. The molecule has 1 aromatic carbocycles. The summed E-state index contributed by atoms with van der Waals surface area (Å²) in [7, 11) is 0. The van der Waals surface area contributed by atoms with Gasteiger partial charge in [0.05, 0.1) is 12.2 Å². The summed E-state index contributed by atoms with van der Waals surface area (Å²) >= 11 is 0. The molecule has 0 unspecified atom stereocenters. The highest BCUT2D eigenvalue weighted by molar-refractivity contribution is 5.97. The molecule has 0 saturated heterocycles. The van der Waals surface area contributed by atoms with Gasteiger partial charge in [0.25, 0.3) is 0 Å². The zero-order valence-corrected chi connectivity index (χ0v) is 12.2. The number of rotatable bonds is 9. The highest BCUT2D eigenvalue weighted by Gasteiger charge is 2.06. The van der Waals surface area contributed by atoms with Crippen molar-refractivity contribution >= 4 is 5.84 Å². The maximum absolute atomic E-state index is 7.54. The summed E-state index contributed by atoms with van der Waals surface area (Å²) in [6.07, 6.45) is 7.48. The Kier molecular flexibility index (Phi) is 7.01. The van der Waals surface area contributed by atoms with E-state index in [1.165, 1.54) is 32.1 Å². The van der Waals surface area contributed by atoms with Gasteiger partial charge in [-0.2, -0.15) is 0 Å². The largest absolute Gasteiger partial charge is 0.493 e. The van der Waals surface area contributed by atoms with Gasteiger partial charge in [0, 0.05) is 0 Å². The predicted molar refractivity (Wildman–Crippen MR) is 81.1 cm³/mol. The Bertz CT molecular complexity index is 402. The monoisotopic (exact) mass is 262 g/mol. The standard InChI is InChI=1S/C16H26N2O/c1-3-4-5-6-7-8-11-19-15-12-13(2)9-10-14(15)16(17)18/h9-10,12H,3-8,11H2,1-2H3,(H3,17,18). The fraction of sp³-hybridized carbons (Fsp3) is 0.562. The zero-order chi connectivity index (χ0) is 14.1. The van der Waals surface area contributed by atoms with E-state index in [1.54, 1.807) is 0 Å². The molecular formula is C16H26N2O. The van der Waals surface area contributed by atoms with Crippen molar-refractivity contribution in [3.63, 3.8) is 0 Å². The zero-order valence-electron chi connectivity index (χ0n) is 12.2. The molecule has 0 fully saturated rings. The predicted octanol–water partition coefficient (Wildman–Crippen LogP) is 4.02. The van der Waals surface area contributed by atoms with Crippen molar-refractivity contribution in [1.82, 2.24) is 0 Å². The summed E-state index contributed by atoms with van der Waals surface area (Å²) in [5.74, 6) is 0.805. The van der Waals surface area contributed by atoms with Crippen molar-refractivity contribution in [2.75, 3.05) is 6.61 Å². The molecule has 0 aromatic heterocycles. The number of hydrogen-bond acceptors (Lipinski definition) is 2. The third-order valence-electron chi connectivity index (χ3n) is 3.18. The molecule has 0 spiro atoms. The minimum absolute atomic E-state index is 0.0675. The third kappa shape index (κ3) is 5.77. The van der Waals surface area contributed by atoms with E-state index in [-0.39, 0.29) is 5.84 Å². The SMILES string of the molecule is CCCCCCCCOc1cc(C)ccc1C(=N)N. The number of nitrogen functional groups attached to an aromatic ring is 1. The number of ether oxygens (including phenoxy) is 1. The van der Waals surface area contributed by atoms with E-state index in [9.17, 15) is 0 Å². The summed E-state index contributed by atoms with van der Waals surface area (Å²) in [5.41, 5.74) is 7.37. The first kappa shape index (κ1) is 15.5. The van der Waals surface area contributed by atoms with E-state index in [1.807, 2.05) is 25.1 Å². The molecule has 1 aromatic rings. The summed E-state index contributed by atoms with van der Waals surface area (Å²) in [4.78, 5) is 0. The van der Waals surface area contributed by atoms with Crippen LogP contribution in [0, 0.1) is 12.3 Å². The van der Waals surface area contributed by atoms with Crippen LogP contribution >= 0.6 is 0 Å². The fourth-order valence-corrected chi connectivity index (χ4v) is 2.04. The van der Waals surface area contributed by atoms with Crippen LogP contribution in [0.4, 0.5) is 0 Å². The first-order valence-electron chi connectivity index (χ1n) is 7.23. The first-order valence-corrected chi connectivity index (χ1v) is 7.23. The van der Waals surface area contributed by atoms with Gasteiger partial charge in [-0.15, -0.1) is 0 Å². The Balaban J connectivity index is 2.36. The molecule has 1 rings (SSSR count). The lowest BCUT2D eigenvalue weighted by atomic mass is 10.1. The van der Waals surface area contributed by atoms with Crippen LogP contribution in [0.5, 0.6) is 5.75 Å². The molecule has 0 saturated carbocycles. The van der Waals surface area contributed by atoms with Gasteiger partial charge >= 0.3 is 0 Å².